The average Bonchev–Trinajstić information content (AvgIpc) is 2.21. The Morgan fingerprint density at radius 3 is 1.94 bits per heavy atom. The summed E-state index contributed by atoms with van der Waals surface area (Å²) in [5.41, 5.74) is 0. The van der Waals surface area contributed by atoms with Gasteiger partial charge in [0.1, 0.15) is 6.04 Å². The predicted molar refractivity (Wildman–Crippen MR) is 76.8 cm³/mol. The molecular weight excluding hydrogens is 226 g/mol. The van der Waals surface area contributed by atoms with Crippen LogP contribution in [0.1, 0.15) is 66.7 Å². The van der Waals surface area contributed by atoms with Crippen molar-refractivity contribution in [1.82, 2.24) is 5.32 Å². The van der Waals surface area contributed by atoms with Gasteiger partial charge in [-0.05, 0) is 31.1 Å². The van der Waals surface area contributed by atoms with Crippen molar-refractivity contribution in [3.05, 3.63) is 0 Å². The molecule has 0 aromatic carbocycles. The van der Waals surface area contributed by atoms with Gasteiger partial charge in [0.2, 0.25) is 0 Å². The zero-order valence-electron chi connectivity index (χ0n) is 12.7. The third kappa shape index (κ3) is 8.51. The van der Waals surface area contributed by atoms with E-state index in [-0.39, 0.29) is 6.04 Å². The summed E-state index contributed by atoms with van der Waals surface area (Å²) >= 11 is 0. The van der Waals surface area contributed by atoms with E-state index >= 15 is 0 Å². The number of hydrogen-bond acceptors (Lipinski definition) is 2. The fraction of sp³-hybridized carbons (Fsp3) is 0.933. The van der Waals surface area contributed by atoms with Gasteiger partial charge in [0.25, 0.3) is 0 Å². The average molecular weight is 257 g/mol. The molecule has 3 nitrogen and oxygen atoms in total. The lowest BCUT2D eigenvalue weighted by Crippen LogP contribution is -2.44. The molecule has 0 saturated heterocycles. The number of unbranched alkanes of at least 4 members (excludes halogenated alkanes) is 1. The highest BCUT2D eigenvalue weighted by Gasteiger charge is 2.22. The van der Waals surface area contributed by atoms with Crippen LogP contribution in [0.3, 0.4) is 0 Å². The first-order valence-electron chi connectivity index (χ1n) is 7.35. The number of carboxylic acids is 1. The second-order valence-corrected chi connectivity index (χ2v) is 6.16. The van der Waals surface area contributed by atoms with Crippen molar-refractivity contribution in [2.75, 3.05) is 0 Å². The van der Waals surface area contributed by atoms with E-state index in [0.29, 0.717) is 17.9 Å². The van der Waals surface area contributed by atoms with Crippen LogP contribution in [0.25, 0.3) is 0 Å². The monoisotopic (exact) mass is 257 g/mol. The van der Waals surface area contributed by atoms with E-state index in [1.165, 1.54) is 0 Å². The second-order valence-electron chi connectivity index (χ2n) is 6.16. The molecule has 0 radical (unpaired) electrons. The molecule has 0 bridgehead atoms. The van der Waals surface area contributed by atoms with Gasteiger partial charge in [-0.15, -0.1) is 0 Å². The quantitative estimate of drug-likeness (QED) is 0.627. The molecule has 2 N–H and O–H groups in total. The Morgan fingerprint density at radius 1 is 1.11 bits per heavy atom. The molecule has 0 heterocycles. The maximum Gasteiger partial charge on any atom is 0.320 e. The van der Waals surface area contributed by atoms with E-state index in [1.54, 1.807) is 0 Å². The van der Waals surface area contributed by atoms with Gasteiger partial charge in [-0.1, -0.05) is 47.5 Å². The van der Waals surface area contributed by atoms with E-state index in [4.69, 9.17) is 0 Å². The van der Waals surface area contributed by atoms with E-state index < -0.39 is 5.97 Å². The number of rotatable bonds is 10. The van der Waals surface area contributed by atoms with Crippen molar-refractivity contribution in [3.8, 4) is 0 Å². The molecule has 0 aromatic rings. The van der Waals surface area contributed by atoms with Crippen LogP contribution in [0.15, 0.2) is 0 Å². The molecule has 0 rings (SSSR count). The number of aliphatic carboxylic acids is 1. The first-order chi connectivity index (χ1) is 8.36. The van der Waals surface area contributed by atoms with Gasteiger partial charge in [0.05, 0.1) is 0 Å². The standard InChI is InChI=1S/C15H31NO2/c1-6-7-8-14(15(17)18)16-13(9-11(2)3)10-12(4)5/h11-14,16H,6-10H2,1-5H3,(H,17,18)/t14-/m0/s1. The molecule has 1 atom stereocenters. The number of nitrogens with one attached hydrogen (secondary N) is 1. The smallest absolute Gasteiger partial charge is 0.320 e. The van der Waals surface area contributed by atoms with E-state index in [9.17, 15) is 9.90 Å². The van der Waals surface area contributed by atoms with Gasteiger partial charge >= 0.3 is 5.97 Å². The minimum Gasteiger partial charge on any atom is -0.480 e. The molecule has 0 aliphatic carbocycles. The maximum absolute atomic E-state index is 11.2. The third-order valence-electron chi connectivity index (χ3n) is 3.09. The summed E-state index contributed by atoms with van der Waals surface area (Å²) in [6.45, 7) is 10.9. The molecule has 0 fully saturated rings. The van der Waals surface area contributed by atoms with Crippen LogP contribution in [0.5, 0.6) is 0 Å². The molecule has 108 valence electrons. The van der Waals surface area contributed by atoms with Gasteiger partial charge in [-0.3, -0.25) is 4.79 Å². The summed E-state index contributed by atoms with van der Waals surface area (Å²) in [6, 6.07) is -0.0598. The fourth-order valence-electron chi connectivity index (χ4n) is 2.34. The Morgan fingerprint density at radius 2 is 1.61 bits per heavy atom. The second kappa shape index (κ2) is 9.37. The molecule has 0 aliphatic rings. The van der Waals surface area contributed by atoms with Gasteiger partial charge in [-0.2, -0.15) is 0 Å². The predicted octanol–water partition coefficient (Wildman–Crippen LogP) is 3.68. The lowest BCUT2D eigenvalue weighted by atomic mass is 9.94. The van der Waals surface area contributed by atoms with Crippen LogP contribution in [-0.4, -0.2) is 23.2 Å². The summed E-state index contributed by atoms with van der Waals surface area (Å²) in [7, 11) is 0. The molecule has 18 heavy (non-hydrogen) atoms. The zero-order chi connectivity index (χ0) is 14.1. The third-order valence-corrected chi connectivity index (χ3v) is 3.09. The molecule has 3 heteroatoms. The number of carboxylic acid groups (broad SMARTS) is 1. The minimum atomic E-state index is -0.707. The lowest BCUT2D eigenvalue weighted by Gasteiger charge is -2.26. The molecule has 0 unspecified atom stereocenters. The molecule has 0 amide bonds. The van der Waals surface area contributed by atoms with Crippen LogP contribution < -0.4 is 5.32 Å². The zero-order valence-corrected chi connectivity index (χ0v) is 12.7. The molecule has 0 aromatic heterocycles. The molecular formula is C15H31NO2. The van der Waals surface area contributed by atoms with Crippen LogP contribution in [0, 0.1) is 11.8 Å². The van der Waals surface area contributed by atoms with E-state index in [1.807, 2.05) is 0 Å². The highest BCUT2D eigenvalue weighted by molar-refractivity contribution is 5.73. The van der Waals surface area contributed by atoms with E-state index in [0.717, 1.165) is 32.1 Å². The van der Waals surface area contributed by atoms with Crippen LogP contribution in [0.4, 0.5) is 0 Å². The Bertz CT molecular complexity index is 217. The Labute approximate surface area is 112 Å². The van der Waals surface area contributed by atoms with Crippen molar-refractivity contribution in [2.24, 2.45) is 11.8 Å². The van der Waals surface area contributed by atoms with Gasteiger partial charge < -0.3 is 10.4 Å². The summed E-state index contributed by atoms with van der Waals surface area (Å²) in [6.07, 6.45) is 4.85. The Hall–Kier alpha value is -0.570. The van der Waals surface area contributed by atoms with Gasteiger partial charge in [0, 0.05) is 6.04 Å². The lowest BCUT2D eigenvalue weighted by molar-refractivity contribution is -0.140. The van der Waals surface area contributed by atoms with Crippen molar-refractivity contribution in [1.29, 1.82) is 0 Å². The summed E-state index contributed by atoms with van der Waals surface area (Å²) < 4.78 is 0. The maximum atomic E-state index is 11.2. The van der Waals surface area contributed by atoms with Gasteiger partial charge in [-0.25, -0.2) is 0 Å². The van der Waals surface area contributed by atoms with Crippen LogP contribution in [-0.2, 0) is 4.79 Å². The van der Waals surface area contributed by atoms with Crippen molar-refractivity contribution in [2.45, 2.75) is 78.8 Å². The minimum absolute atomic E-state index is 0.322. The Kier molecular flexibility index (Phi) is 9.08. The first kappa shape index (κ1) is 17.4. The largest absolute Gasteiger partial charge is 0.480 e. The molecule has 0 aliphatic heterocycles. The summed E-state index contributed by atoms with van der Waals surface area (Å²) in [5, 5.41) is 12.6. The molecule has 0 spiro atoms. The summed E-state index contributed by atoms with van der Waals surface area (Å²) in [4.78, 5) is 11.2. The topological polar surface area (TPSA) is 49.3 Å². The summed E-state index contributed by atoms with van der Waals surface area (Å²) in [5.74, 6) is 0.490. The Balaban J connectivity index is 4.42. The highest BCUT2D eigenvalue weighted by atomic mass is 16.4. The fourth-order valence-corrected chi connectivity index (χ4v) is 2.34. The highest BCUT2D eigenvalue weighted by Crippen LogP contribution is 2.15. The van der Waals surface area contributed by atoms with Crippen molar-refractivity contribution in [3.63, 3.8) is 0 Å². The van der Waals surface area contributed by atoms with E-state index in [2.05, 4.69) is 39.9 Å². The number of carbonyl (C=O) groups is 1. The SMILES string of the molecule is CCCC[C@H](NC(CC(C)C)CC(C)C)C(=O)O. The first-order valence-corrected chi connectivity index (χ1v) is 7.35. The number of hydrogen-bond donors (Lipinski definition) is 2. The molecule has 0 saturated carbocycles. The van der Waals surface area contributed by atoms with Crippen LogP contribution in [0.2, 0.25) is 0 Å². The normalized spacial score (nSPS) is 13.6. The van der Waals surface area contributed by atoms with Crippen LogP contribution >= 0.6 is 0 Å². The van der Waals surface area contributed by atoms with Crippen molar-refractivity contribution < 1.29 is 9.90 Å². The van der Waals surface area contributed by atoms with Gasteiger partial charge in [0.15, 0.2) is 0 Å². The van der Waals surface area contributed by atoms with Crippen molar-refractivity contribution >= 4 is 5.97 Å².